The number of ether oxygens (including phenoxy) is 1. The van der Waals surface area contributed by atoms with Crippen molar-refractivity contribution in [1.82, 2.24) is 28.8 Å². The molecule has 0 aliphatic carbocycles. The standard InChI is InChI=1S/C24H27N7O3/c1-16-5-6-20-28-22-19(24(33)31(20)14-16)12-18(23(32)27-13-17-4-2-11-34-17)21(25)30(22)9-3-8-29-10-7-26-15-29/h5-7,10,12,14-15,17,25H,2-4,8-9,11,13H2,1H3,(H,27,32)/t17-/m0/s1. The molecule has 0 saturated carbocycles. The van der Waals surface area contributed by atoms with Crippen molar-refractivity contribution in [3.8, 4) is 0 Å². The van der Waals surface area contributed by atoms with Crippen LogP contribution in [0.15, 0.2) is 47.9 Å². The van der Waals surface area contributed by atoms with Gasteiger partial charge in [-0.1, -0.05) is 6.07 Å². The van der Waals surface area contributed by atoms with Crippen molar-refractivity contribution in [2.75, 3.05) is 13.2 Å². The number of nitrogens with zero attached hydrogens (tertiary/aromatic N) is 5. The van der Waals surface area contributed by atoms with Crippen LogP contribution in [0.3, 0.4) is 0 Å². The summed E-state index contributed by atoms with van der Waals surface area (Å²) in [4.78, 5) is 35.2. The molecule has 0 unspecified atom stereocenters. The molecule has 4 aromatic heterocycles. The highest BCUT2D eigenvalue weighted by Crippen LogP contribution is 2.13. The molecule has 4 aromatic rings. The Bertz CT molecular complexity index is 1460. The van der Waals surface area contributed by atoms with Crippen LogP contribution in [-0.4, -0.2) is 48.7 Å². The number of pyridine rings is 2. The fraction of sp³-hybridized carbons (Fsp3) is 0.375. The zero-order valence-electron chi connectivity index (χ0n) is 19.0. The van der Waals surface area contributed by atoms with Gasteiger partial charge < -0.3 is 19.2 Å². The molecule has 1 atom stereocenters. The van der Waals surface area contributed by atoms with Gasteiger partial charge in [0.25, 0.3) is 11.5 Å². The van der Waals surface area contributed by atoms with Crippen LogP contribution in [-0.2, 0) is 17.8 Å². The molecule has 2 N–H and O–H groups in total. The Hall–Kier alpha value is -3.79. The fourth-order valence-electron chi connectivity index (χ4n) is 4.37. The first-order valence-electron chi connectivity index (χ1n) is 11.5. The second kappa shape index (κ2) is 9.22. The average molecular weight is 462 g/mol. The number of aryl methyl sites for hydroxylation is 3. The second-order valence-electron chi connectivity index (χ2n) is 8.65. The Morgan fingerprint density at radius 2 is 2.21 bits per heavy atom. The van der Waals surface area contributed by atoms with Gasteiger partial charge in [0.15, 0.2) is 0 Å². The Morgan fingerprint density at radius 3 is 2.97 bits per heavy atom. The fourth-order valence-corrected chi connectivity index (χ4v) is 4.37. The van der Waals surface area contributed by atoms with Gasteiger partial charge in [0.1, 0.15) is 16.8 Å². The predicted octanol–water partition coefficient (Wildman–Crippen LogP) is 1.63. The Labute approximate surface area is 195 Å². The van der Waals surface area contributed by atoms with Crippen LogP contribution in [0.25, 0.3) is 16.7 Å². The number of hydrogen-bond donors (Lipinski definition) is 2. The molecule has 1 fully saturated rings. The van der Waals surface area contributed by atoms with E-state index in [9.17, 15) is 9.59 Å². The molecule has 176 valence electrons. The van der Waals surface area contributed by atoms with Gasteiger partial charge in [0.2, 0.25) is 0 Å². The van der Waals surface area contributed by atoms with Crippen molar-refractivity contribution in [3.05, 3.63) is 70.1 Å². The Morgan fingerprint density at radius 1 is 1.32 bits per heavy atom. The quantitative estimate of drug-likeness (QED) is 0.406. The summed E-state index contributed by atoms with van der Waals surface area (Å²) in [6.07, 6.45) is 9.60. The van der Waals surface area contributed by atoms with Crippen molar-refractivity contribution in [1.29, 1.82) is 5.41 Å². The summed E-state index contributed by atoms with van der Waals surface area (Å²) in [5, 5.41) is 12.0. The highest BCUT2D eigenvalue weighted by Gasteiger charge is 2.20. The number of fused-ring (bicyclic) bond motifs is 2. The van der Waals surface area contributed by atoms with Gasteiger partial charge in [-0.15, -0.1) is 0 Å². The van der Waals surface area contributed by atoms with E-state index in [0.717, 1.165) is 18.4 Å². The number of aromatic nitrogens is 5. The van der Waals surface area contributed by atoms with E-state index in [1.807, 2.05) is 23.8 Å². The van der Waals surface area contributed by atoms with Gasteiger partial charge in [-0.2, -0.15) is 0 Å². The minimum Gasteiger partial charge on any atom is -0.376 e. The lowest BCUT2D eigenvalue weighted by Crippen LogP contribution is -2.38. The number of carbonyl (C=O) groups excluding carboxylic acids is 1. The van der Waals surface area contributed by atoms with Crippen LogP contribution >= 0.6 is 0 Å². The van der Waals surface area contributed by atoms with Crippen LogP contribution in [0.2, 0.25) is 0 Å². The van der Waals surface area contributed by atoms with Gasteiger partial charge in [0, 0.05) is 44.8 Å². The first-order valence-corrected chi connectivity index (χ1v) is 11.5. The van der Waals surface area contributed by atoms with E-state index >= 15 is 0 Å². The molecule has 0 aromatic carbocycles. The third-order valence-corrected chi connectivity index (χ3v) is 6.17. The monoisotopic (exact) mass is 461 g/mol. The average Bonchev–Trinajstić information content (AvgIpc) is 3.54. The lowest BCUT2D eigenvalue weighted by molar-refractivity contribution is 0.0855. The molecular formula is C24H27N7O3. The summed E-state index contributed by atoms with van der Waals surface area (Å²) in [5.41, 5.74) is 1.75. The zero-order valence-corrected chi connectivity index (χ0v) is 19.0. The van der Waals surface area contributed by atoms with E-state index in [-0.39, 0.29) is 28.6 Å². The Kier molecular flexibility index (Phi) is 5.97. The molecule has 1 aliphatic rings. The summed E-state index contributed by atoms with van der Waals surface area (Å²) >= 11 is 0. The molecule has 10 nitrogen and oxygen atoms in total. The largest absolute Gasteiger partial charge is 0.376 e. The summed E-state index contributed by atoms with van der Waals surface area (Å²) in [5.74, 6) is -0.389. The first-order chi connectivity index (χ1) is 16.5. The van der Waals surface area contributed by atoms with Gasteiger partial charge in [-0.05, 0) is 43.9 Å². The van der Waals surface area contributed by atoms with Gasteiger partial charge in [-0.25, -0.2) is 9.97 Å². The normalized spacial score (nSPS) is 15.9. The predicted molar refractivity (Wildman–Crippen MR) is 126 cm³/mol. The zero-order chi connectivity index (χ0) is 23.7. The molecule has 10 heteroatoms. The molecule has 0 bridgehead atoms. The molecule has 1 saturated heterocycles. The van der Waals surface area contributed by atoms with E-state index in [0.29, 0.717) is 49.3 Å². The molecule has 1 amide bonds. The maximum atomic E-state index is 13.4. The third-order valence-electron chi connectivity index (χ3n) is 6.17. The van der Waals surface area contributed by atoms with Crippen LogP contribution in [0.4, 0.5) is 0 Å². The molecular weight excluding hydrogens is 434 g/mol. The summed E-state index contributed by atoms with van der Waals surface area (Å²) in [6.45, 7) is 4.10. The van der Waals surface area contributed by atoms with Crippen molar-refractivity contribution in [2.24, 2.45) is 0 Å². The summed E-state index contributed by atoms with van der Waals surface area (Å²) in [7, 11) is 0. The van der Waals surface area contributed by atoms with E-state index < -0.39 is 0 Å². The Balaban J connectivity index is 1.57. The second-order valence-corrected chi connectivity index (χ2v) is 8.65. The third kappa shape index (κ3) is 4.24. The molecule has 0 radical (unpaired) electrons. The smallest absolute Gasteiger partial charge is 0.267 e. The number of rotatable bonds is 7. The van der Waals surface area contributed by atoms with Gasteiger partial charge in [-0.3, -0.25) is 19.4 Å². The minimum absolute atomic E-state index is 0.0138. The number of hydrogen-bond acceptors (Lipinski definition) is 6. The highest BCUT2D eigenvalue weighted by atomic mass is 16.5. The number of imidazole rings is 1. The first kappa shape index (κ1) is 22.0. The van der Waals surface area contributed by atoms with E-state index in [1.54, 1.807) is 29.4 Å². The van der Waals surface area contributed by atoms with Crippen molar-refractivity contribution in [3.63, 3.8) is 0 Å². The van der Waals surface area contributed by atoms with Crippen molar-refractivity contribution in [2.45, 2.75) is 45.4 Å². The minimum atomic E-state index is -0.389. The van der Waals surface area contributed by atoms with Gasteiger partial charge >= 0.3 is 0 Å². The molecule has 5 rings (SSSR count). The topological polar surface area (TPSA) is 119 Å². The molecule has 34 heavy (non-hydrogen) atoms. The summed E-state index contributed by atoms with van der Waals surface area (Å²) < 4.78 is 10.7. The molecule has 1 aliphatic heterocycles. The number of amides is 1. The van der Waals surface area contributed by atoms with Crippen LogP contribution in [0.5, 0.6) is 0 Å². The lowest BCUT2D eigenvalue weighted by Gasteiger charge is -2.16. The van der Waals surface area contributed by atoms with Crippen LogP contribution < -0.4 is 16.4 Å². The lowest BCUT2D eigenvalue weighted by atomic mass is 10.1. The maximum absolute atomic E-state index is 13.4. The van der Waals surface area contributed by atoms with E-state index in [4.69, 9.17) is 15.1 Å². The van der Waals surface area contributed by atoms with Gasteiger partial charge in [0.05, 0.1) is 23.4 Å². The van der Waals surface area contributed by atoms with Crippen LogP contribution in [0, 0.1) is 12.3 Å². The molecule has 0 spiro atoms. The molecule has 5 heterocycles. The SMILES string of the molecule is Cc1ccc2nc3c(cc(C(=O)NC[C@@H]4CCCO4)c(=N)n3CCCn3ccnc3)c(=O)n2c1. The van der Waals surface area contributed by atoms with Crippen molar-refractivity contribution >= 4 is 22.6 Å². The maximum Gasteiger partial charge on any atom is 0.267 e. The highest BCUT2D eigenvalue weighted by molar-refractivity contribution is 5.96. The van der Waals surface area contributed by atoms with E-state index in [1.165, 1.54) is 10.5 Å². The summed E-state index contributed by atoms with van der Waals surface area (Å²) in [6, 6.07) is 5.18. The number of nitrogens with one attached hydrogen (secondary N) is 2. The van der Waals surface area contributed by atoms with Crippen molar-refractivity contribution < 1.29 is 9.53 Å². The number of carbonyl (C=O) groups is 1. The van der Waals surface area contributed by atoms with E-state index in [2.05, 4.69) is 10.3 Å². The van der Waals surface area contributed by atoms with Crippen LogP contribution in [0.1, 0.15) is 35.2 Å².